The third-order valence-corrected chi connectivity index (χ3v) is 6.46. The van der Waals surface area contributed by atoms with Gasteiger partial charge in [0.2, 0.25) is 10.0 Å². The summed E-state index contributed by atoms with van der Waals surface area (Å²) in [7, 11) is -3.52. The van der Waals surface area contributed by atoms with Crippen LogP contribution in [0.4, 0.5) is 0 Å². The van der Waals surface area contributed by atoms with Crippen LogP contribution in [0, 0.1) is 0 Å². The number of benzene rings is 1. The Morgan fingerprint density at radius 3 is 2.62 bits per heavy atom. The molecule has 3 rings (SSSR count). The van der Waals surface area contributed by atoms with E-state index in [0.29, 0.717) is 38.3 Å². The first-order valence-corrected chi connectivity index (χ1v) is 9.93. The molecule has 6 nitrogen and oxygen atoms in total. The maximum absolute atomic E-state index is 12.8. The topological polar surface area (TPSA) is 66.9 Å². The van der Waals surface area contributed by atoms with E-state index >= 15 is 0 Å². The quantitative estimate of drug-likeness (QED) is 0.831. The Kier molecular flexibility index (Phi) is 5.22. The van der Waals surface area contributed by atoms with Crippen molar-refractivity contribution in [1.82, 2.24) is 9.21 Å². The van der Waals surface area contributed by atoms with Crippen LogP contribution in [-0.4, -0.2) is 62.4 Å². The maximum atomic E-state index is 12.8. The number of rotatable bonds is 3. The minimum absolute atomic E-state index is 0.00275. The van der Waals surface area contributed by atoms with Crippen LogP contribution in [0.3, 0.4) is 0 Å². The normalized spacial score (nSPS) is 23.2. The second-order valence-electron chi connectivity index (χ2n) is 6.43. The molecular weight excluding hydrogens is 328 g/mol. The molecule has 0 aromatic heterocycles. The fourth-order valence-electron chi connectivity index (χ4n) is 3.23. The van der Waals surface area contributed by atoms with Crippen LogP contribution in [-0.2, 0) is 14.8 Å². The van der Waals surface area contributed by atoms with Gasteiger partial charge in [-0.1, -0.05) is 12.5 Å². The molecule has 24 heavy (non-hydrogen) atoms. The van der Waals surface area contributed by atoms with Gasteiger partial charge >= 0.3 is 0 Å². The van der Waals surface area contributed by atoms with Crippen molar-refractivity contribution < 1.29 is 17.9 Å². The Hall–Kier alpha value is -1.44. The molecule has 7 heteroatoms. The summed E-state index contributed by atoms with van der Waals surface area (Å²) in [6.07, 6.45) is 2.86. The van der Waals surface area contributed by atoms with Gasteiger partial charge in [0.1, 0.15) is 0 Å². The SMILES string of the molecule is CC1CN(C(=O)c2cccc(S(=O)(=O)N3CCCCC3)c2)CCO1. The van der Waals surface area contributed by atoms with Gasteiger partial charge < -0.3 is 9.64 Å². The van der Waals surface area contributed by atoms with E-state index in [1.54, 1.807) is 23.1 Å². The van der Waals surface area contributed by atoms with Crippen LogP contribution in [0.15, 0.2) is 29.2 Å². The van der Waals surface area contributed by atoms with Crippen LogP contribution in [0.5, 0.6) is 0 Å². The lowest BCUT2D eigenvalue weighted by molar-refractivity contribution is -0.0124. The summed E-state index contributed by atoms with van der Waals surface area (Å²) >= 11 is 0. The number of hydrogen-bond acceptors (Lipinski definition) is 4. The van der Waals surface area contributed by atoms with E-state index in [0.717, 1.165) is 19.3 Å². The summed E-state index contributed by atoms with van der Waals surface area (Å²) < 4.78 is 32.5. The van der Waals surface area contributed by atoms with Gasteiger partial charge in [-0.15, -0.1) is 0 Å². The first-order chi connectivity index (χ1) is 11.5. The van der Waals surface area contributed by atoms with Crippen molar-refractivity contribution >= 4 is 15.9 Å². The molecule has 0 aliphatic carbocycles. The first kappa shape index (κ1) is 17.4. The van der Waals surface area contributed by atoms with Gasteiger partial charge in [0.15, 0.2) is 0 Å². The highest BCUT2D eigenvalue weighted by atomic mass is 32.2. The molecule has 1 atom stereocenters. The number of amides is 1. The third kappa shape index (κ3) is 3.63. The lowest BCUT2D eigenvalue weighted by Gasteiger charge is -2.31. The molecule has 0 radical (unpaired) electrons. The average molecular weight is 352 g/mol. The highest BCUT2D eigenvalue weighted by molar-refractivity contribution is 7.89. The van der Waals surface area contributed by atoms with Crippen LogP contribution >= 0.6 is 0 Å². The molecular formula is C17H24N2O4S. The number of carbonyl (C=O) groups excluding carboxylic acids is 1. The Labute approximate surface area is 143 Å². The molecule has 2 heterocycles. The molecule has 0 saturated carbocycles. The Morgan fingerprint density at radius 2 is 1.92 bits per heavy atom. The van der Waals surface area contributed by atoms with Gasteiger partial charge in [-0.3, -0.25) is 4.79 Å². The van der Waals surface area contributed by atoms with Gasteiger partial charge in [0, 0.05) is 31.7 Å². The van der Waals surface area contributed by atoms with E-state index in [-0.39, 0.29) is 16.9 Å². The first-order valence-electron chi connectivity index (χ1n) is 8.49. The number of sulfonamides is 1. The summed E-state index contributed by atoms with van der Waals surface area (Å²) in [6.45, 7) is 4.62. The van der Waals surface area contributed by atoms with E-state index in [1.165, 1.54) is 10.4 Å². The van der Waals surface area contributed by atoms with Crippen molar-refractivity contribution in [3.63, 3.8) is 0 Å². The lowest BCUT2D eigenvalue weighted by atomic mass is 10.2. The summed E-state index contributed by atoms with van der Waals surface area (Å²) in [5.41, 5.74) is 0.419. The minimum atomic E-state index is -3.52. The third-order valence-electron chi connectivity index (χ3n) is 4.56. The predicted octanol–water partition coefficient (Wildman–Crippen LogP) is 1.72. The van der Waals surface area contributed by atoms with Crippen LogP contribution in [0.1, 0.15) is 36.5 Å². The Bertz CT molecular complexity index is 698. The zero-order valence-corrected chi connectivity index (χ0v) is 14.8. The van der Waals surface area contributed by atoms with Gasteiger partial charge in [-0.05, 0) is 38.0 Å². The van der Waals surface area contributed by atoms with E-state index in [2.05, 4.69) is 0 Å². The van der Waals surface area contributed by atoms with Crippen LogP contribution in [0.25, 0.3) is 0 Å². The molecule has 2 aliphatic heterocycles. The molecule has 2 saturated heterocycles. The van der Waals surface area contributed by atoms with E-state index in [4.69, 9.17) is 4.74 Å². The average Bonchev–Trinajstić information content (AvgIpc) is 2.62. The fourth-order valence-corrected chi connectivity index (χ4v) is 4.79. The second kappa shape index (κ2) is 7.21. The molecule has 0 bridgehead atoms. The monoisotopic (exact) mass is 352 g/mol. The summed E-state index contributed by atoms with van der Waals surface area (Å²) in [5.74, 6) is -0.138. The Balaban J connectivity index is 1.82. The number of ether oxygens (including phenoxy) is 1. The largest absolute Gasteiger partial charge is 0.375 e. The van der Waals surface area contributed by atoms with Gasteiger partial charge in [-0.2, -0.15) is 4.31 Å². The Morgan fingerprint density at radius 1 is 1.17 bits per heavy atom. The summed E-state index contributed by atoms with van der Waals surface area (Å²) in [5, 5.41) is 0. The predicted molar refractivity (Wildman–Crippen MR) is 90.4 cm³/mol. The number of nitrogens with zero attached hydrogens (tertiary/aromatic N) is 2. The minimum Gasteiger partial charge on any atom is -0.375 e. The smallest absolute Gasteiger partial charge is 0.254 e. The molecule has 0 N–H and O–H groups in total. The summed E-state index contributed by atoms with van der Waals surface area (Å²) in [6, 6.07) is 6.40. The van der Waals surface area contributed by atoms with Gasteiger partial charge in [-0.25, -0.2) is 8.42 Å². The van der Waals surface area contributed by atoms with Crippen molar-refractivity contribution in [1.29, 1.82) is 0 Å². The maximum Gasteiger partial charge on any atom is 0.254 e. The van der Waals surface area contributed by atoms with Crippen molar-refractivity contribution in [3.05, 3.63) is 29.8 Å². The van der Waals surface area contributed by atoms with Crippen molar-refractivity contribution in [2.24, 2.45) is 0 Å². The molecule has 2 fully saturated rings. The highest BCUT2D eigenvalue weighted by Crippen LogP contribution is 2.22. The van der Waals surface area contributed by atoms with E-state index in [9.17, 15) is 13.2 Å². The number of piperidine rings is 1. The van der Waals surface area contributed by atoms with Gasteiger partial charge in [0.05, 0.1) is 17.6 Å². The number of carbonyl (C=O) groups is 1. The molecule has 2 aliphatic rings. The van der Waals surface area contributed by atoms with Crippen LogP contribution in [0.2, 0.25) is 0 Å². The van der Waals surface area contributed by atoms with E-state index in [1.807, 2.05) is 6.92 Å². The van der Waals surface area contributed by atoms with Gasteiger partial charge in [0.25, 0.3) is 5.91 Å². The van der Waals surface area contributed by atoms with E-state index < -0.39 is 10.0 Å². The zero-order valence-electron chi connectivity index (χ0n) is 14.0. The van der Waals surface area contributed by atoms with Crippen molar-refractivity contribution in [2.45, 2.75) is 37.2 Å². The molecule has 1 aromatic rings. The van der Waals surface area contributed by atoms with Crippen LogP contribution < -0.4 is 0 Å². The molecule has 132 valence electrons. The fraction of sp³-hybridized carbons (Fsp3) is 0.588. The van der Waals surface area contributed by atoms with Crippen molar-refractivity contribution in [3.8, 4) is 0 Å². The second-order valence-corrected chi connectivity index (χ2v) is 8.36. The zero-order chi connectivity index (χ0) is 17.2. The molecule has 1 amide bonds. The highest BCUT2D eigenvalue weighted by Gasteiger charge is 2.28. The molecule has 1 aromatic carbocycles. The number of hydrogen-bond donors (Lipinski definition) is 0. The van der Waals surface area contributed by atoms with Crippen molar-refractivity contribution in [2.75, 3.05) is 32.8 Å². The standard InChI is InChI=1S/C17H24N2O4S/c1-14-13-18(10-11-23-14)17(20)15-6-5-7-16(12-15)24(21,22)19-8-3-2-4-9-19/h5-7,12,14H,2-4,8-11,13H2,1H3. The number of morpholine rings is 1. The molecule has 1 unspecified atom stereocenters. The summed E-state index contributed by atoms with van der Waals surface area (Å²) in [4.78, 5) is 14.6. The lowest BCUT2D eigenvalue weighted by Crippen LogP contribution is -2.44. The molecule has 0 spiro atoms.